The van der Waals surface area contributed by atoms with E-state index in [0.29, 0.717) is 13.0 Å². The molecule has 0 N–H and O–H groups in total. The van der Waals surface area contributed by atoms with Gasteiger partial charge in [-0.1, -0.05) is 48.6 Å². The summed E-state index contributed by atoms with van der Waals surface area (Å²) in [5.74, 6) is -0.817. The molecule has 0 unspecified atom stereocenters. The Morgan fingerprint density at radius 1 is 1.26 bits per heavy atom. The molecule has 120 valence electrons. The maximum atomic E-state index is 12.4. The molecule has 0 amide bonds. The first-order valence-electron chi connectivity index (χ1n) is 7.60. The molecule has 1 aliphatic rings. The van der Waals surface area contributed by atoms with Crippen LogP contribution in [0, 0.1) is 0 Å². The number of carbonyl (C=O) groups is 2. The van der Waals surface area contributed by atoms with E-state index >= 15 is 0 Å². The van der Waals surface area contributed by atoms with Crippen molar-refractivity contribution in [3.05, 3.63) is 65.5 Å². The van der Waals surface area contributed by atoms with Crippen LogP contribution < -0.4 is 0 Å². The standard InChI is InChI=1S/C19H20O4/c1-22-19(21)16(18(20)17-13-7-8-14-23-17)12-6-5-11-15-9-3-2-4-10-15/h2-5,9-13H,6-8,14H2,1H3/b11-5+,16-12-. The molecular weight excluding hydrogens is 292 g/mol. The van der Waals surface area contributed by atoms with Gasteiger partial charge in [0, 0.05) is 0 Å². The predicted octanol–water partition coefficient (Wildman–Crippen LogP) is 3.45. The van der Waals surface area contributed by atoms with Gasteiger partial charge in [-0.15, -0.1) is 0 Å². The minimum atomic E-state index is -0.641. The molecule has 0 saturated heterocycles. The van der Waals surface area contributed by atoms with Crippen LogP contribution in [0.25, 0.3) is 6.08 Å². The highest BCUT2D eigenvalue weighted by Crippen LogP contribution is 2.16. The van der Waals surface area contributed by atoms with Gasteiger partial charge in [0.05, 0.1) is 13.7 Å². The molecule has 0 bridgehead atoms. The summed E-state index contributed by atoms with van der Waals surface area (Å²) in [4.78, 5) is 24.2. The Hall–Kier alpha value is -2.62. The maximum Gasteiger partial charge on any atom is 0.341 e. The number of allylic oxidation sites excluding steroid dienone is 4. The number of esters is 1. The van der Waals surface area contributed by atoms with Crippen LogP contribution in [0.15, 0.2) is 59.9 Å². The van der Waals surface area contributed by atoms with Gasteiger partial charge in [-0.05, 0) is 30.9 Å². The molecule has 23 heavy (non-hydrogen) atoms. The van der Waals surface area contributed by atoms with Crippen LogP contribution in [0.3, 0.4) is 0 Å². The van der Waals surface area contributed by atoms with Gasteiger partial charge in [0.2, 0.25) is 5.78 Å². The second-order valence-corrected chi connectivity index (χ2v) is 5.05. The van der Waals surface area contributed by atoms with Gasteiger partial charge in [-0.3, -0.25) is 4.79 Å². The fourth-order valence-electron chi connectivity index (χ4n) is 2.18. The van der Waals surface area contributed by atoms with Gasteiger partial charge in [0.1, 0.15) is 5.57 Å². The van der Waals surface area contributed by atoms with Crippen molar-refractivity contribution in [2.24, 2.45) is 0 Å². The third-order valence-electron chi connectivity index (χ3n) is 3.38. The lowest BCUT2D eigenvalue weighted by molar-refractivity contribution is -0.137. The Morgan fingerprint density at radius 2 is 2.04 bits per heavy atom. The second kappa shape index (κ2) is 8.73. The predicted molar refractivity (Wildman–Crippen MR) is 88.5 cm³/mol. The van der Waals surface area contributed by atoms with E-state index in [1.54, 1.807) is 12.2 Å². The van der Waals surface area contributed by atoms with Crippen molar-refractivity contribution in [1.82, 2.24) is 0 Å². The Kier molecular flexibility index (Phi) is 6.36. The van der Waals surface area contributed by atoms with Crippen molar-refractivity contribution < 1.29 is 19.1 Å². The Morgan fingerprint density at radius 3 is 2.70 bits per heavy atom. The normalized spacial score (nSPS) is 15.0. The molecule has 1 aromatic carbocycles. The van der Waals surface area contributed by atoms with Crippen LogP contribution in [0.5, 0.6) is 0 Å². The van der Waals surface area contributed by atoms with Crippen LogP contribution >= 0.6 is 0 Å². The average molecular weight is 312 g/mol. The van der Waals surface area contributed by atoms with Crippen molar-refractivity contribution in [2.75, 3.05) is 13.7 Å². The highest BCUT2D eigenvalue weighted by molar-refractivity contribution is 6.23. The van der Waals surface area contributed by atoms with E-state index in [-0.39, 0.29) is 11.3 Å². The fraction of sp³-hybridized carbons (Fsp3) is 0.263. The molecule has 0 fully saturated rings. The first kappa shape index (κ1) is 16.7. The summed E-state index contributed by atoms with van der Waals surface area (Å²) >= 11 is 0. The minimum absolute atomic E-state index is 0.0124. The van der Waals surface area contributed by atoms with E-state index in [0.717, 1.165) is 18.4 Å². The Balaban J connectivity index is 2.08. The summed E-state index contributed by atoms with van der Waals surface area (Å²) in [6.07, 6.45) is 9.25. The van der Waals surface area contributed by atoms with E-state index in [1.165, 1.54) is 7.11 Å². The number of hydrogen-bond donors (Lipinski definition) is 0. The molecule has 2 rings (SSSR count). The first-order valence-corrected chi connectivity index (χ1v) is 7.60. The van der Waals surface area contributed by atoms with E-state index in [9.17, 15) is 9.59 Å². The number of carbonyl (C=O) groups excluding carboxylic acids is 2. The van der Waals surface area contributed by atoms with Gasteiger partial charge in [0.15, 0.2) is 5.76 Å². The second-order valence-electron chi connectivity index (χ2n) is 5.05. The lowest BCUT2D eigenvalue weighted by Gasteiger charge is -2.14. The van der Waals surface area contributed by atoms with Gasteiger partial charge in [-0.25, -0.2) is 4.79 Å². The molecule has 0 saturated carbocycles. The Bertz CT molecular complexity index is 639. The lowest BCUT2D eigenvalue weighted by Crippen LogP contribution is -2.19. The fourth-order valence-corrected chi connectivity index (χ4v) is 2.18. The zero-order valence-electron chi connectivity index (χ0n) is 13.2. The van der Waals surface area contributed by atoms with Crippen molar-refractivity contribution in [3.8, 4) is 0 Å². The SMILES string of the molecule is COC(=O)/C(=C\C/C=C/c1ccccc1)C(=O)C1=CCCCO1. The zero-order valence-corrected chi connectivity index (χ0v) is 13.2. The van der Waals surface area contributed by atoms with Crippen LogP contribution in [0.2, 0.25) is 0 Å². The van der Waals surface area contributed by atoms with Crippen molar-refractivity contribution in [3.63, 3.8) is 0 Å². The molecule has 4 nitrogen and oxygen atoms in total. The number of rotatable bonds is 6. The molecule has 0 radical (unpaired) electrons. The molecule has 0 aromatic heterocycles. The van der Waals surface area contributed by atoms with E-state index in [1.807, 2.05) is 42.5 Å². The van der Waals surface area contributed by atoms with Crippen molar-refractivity contribution in [2.45, 2.75) is 19.3 Å². The third-order valence-corrected chi connectivity index (χ3v) is 3.38. The number of Topliss-reactive ketones (excluding diaryl/α,β-unsaturated/α-hetero) is 1. The largest absolute Gasteiger partial charge is 0.490 e. The number of ketones is 1. The smallest absolute Gasteiger partial charge is 0.341 e. The number of methoxy groups -OCH3 is 1. The highest BCUT2D eigenvalue weighted by atomic mass is 16.5. The molecule has 0 spiro atoms. The van der Waals surface area contributed by atoms with Crippen LogP contribution in [-0.2, 0) is 19.1 Å². The van der Waals surface area contributed by atoms with Crippen LogP contribution in [-0.4, -0.2) is 25.5 Å². The molecule has 0 atom stereocenters. The van der Waals surface area contributed by atoms with Crippen molar-refractivity contribution >= 4 is 17.8 Å². The third kappa shape index (κ3) is 4.95. The molecule has 0 aliphatic carbocycles. The summed E-state index contributed by atoms with van der Waals surface area (Å²) in [5.41, 5.74) is 1.07. The number of hydrogen-bond acceptors (Lipinski definition) is 4. The van der Waals surface area contributed by atoms with E-state index < -0.39 is 11.8 Å². The lowest BCUT2D eigenvalue weighted by atomic mass is 10.1. The summed E-state index contributed by atoms with van der Waals surface area (Å²) in [6.45, 7) is 0.500. The van der Waals surface area contributed by atoms with Crippen LogP contribution in [0.1, 0.15) is 24.8 Å². The van der Waals surface area contributed by atoms with E-state index in [4.69, 9.17) is 9.47 Å². The van der Waals surface area contributed by atoms with Crippen molar-refractivity contribution in [1.29, 1.82) is 0 Å². The molecule has 1 aliphatic heterocycles. The summed E-state index contributed by atoms with van der Waals surface area (Å²) in [6, 6.07) is 9.81. The molecule has 4 heteroatoms. The van der Waals surface area contributed by atoms with Gasteiger partial charge >= 0.3 is 5.97 Å². The van der Waals surface area contributed by atoms with Gasteiger partial charge in [0.25, 0.3) is 0 Å². The zero-order chi connectivity index (χ0) is 16.5. The molecular formula is C19H20O4. The highest BCUT2D eigenvalue weighted by Gasteiger charge is 2.24. The number of ether oxygens (including phenoxy) is 2. The number of benzene rings is 1. The summed E-state index contributed by atoms with van der Waals surface area (Å²) in [5, 5.41) is 0. The maximum absolute atomic E-state index is 12.4. The quantitative estimate of drug-likeness (QED) is 0.349. The summed E-state index contributed by atoms with van der Waals surface area (Å²) < 4.78 is 10.0. The topological polar surface area (TPSA) is 52.6 Å². The van der Waals surface area contributed by atoms with Gasteiger partial charge in [-0.2, -0.15) is 0 Å². The average Bonchev–Trinajstić information content (AvgIpc) is 2.62. The minimum Gasteiger partial charge on any atom is -0.490 e. The summed E-state index contributed by atoms with van der Waals surface area (Å²) in [7, 11) is 1.26. The molecule has 1 aromatic rings. The van der Waals surface area contributed by atoms with Crippen LogP contribution in [0.4, 0.5) is 0 Å². The Labute approximate surface area is 136 Å². The van der Waals surface area contributed by atoms with E-state index in [2.05, 4.69) is 0 Å². The monoisotopic (exact) mass is 312 g/mol. The molecule has 1 heterocycles. The first-order chi connectivity index (χ1) is 11.2. The van der Waals surface area contributed by atoms with Gasteiger partial charge < -0.3 is 9.47 Å².